The lowest BCUT2D eigenvalue weighted by Crippen LogP contribution is -2.22. The minimum absolute atomic E-state index is 0.438. The summed E-state index contributed by atoms with van der Waals surface area (Å²) in [6, 6.07) is 10.3. The molecule has 0 aliphatic carbocycles. The topological polar surface area (TPSA) is 43.4 Å². The Balaban J connectivity index is 1.98. The Kier molecular flexibility index (Phi) is 5.58. The van der Waals surface area contributed by atoms with Crippen molar-refractivity contribution in [1.82, 2.24) is 10.3 Å². The number of nitrogens with one attached hydrogen (secondary N) is 1. The summed E-state index contributed by atoms with van der Waals surface area (Å²) in [7, 11) is 1.66. The molecular formula is C17H22N2O2. The second-order valence-electron chi connectivity index (χ2n) is 5.16. The maximum Gasteiger partial charge on any atom is 0.142 e. The summed E-state index contributed by atoms with van der Waals surface area (Å²) in [4.78, 5) is 4.14. The minimum atomic E-state index is 0.438. The number of ether oxygens (including phenoxy) is 2. The third-order valence-electron chi connectivity index (χ3n) is 3.12. The van der Waals surface area contributed by atoms with Crippen molar-refractivity contribution >= 4 is 0 Å². The van der Waals surface area contributed by atoms with Crippen LogP contribution in [0.4, 0.5) is 0 Å². The minimum Gasteiger partial charge on any atom is -0.497 e. The van der Waals surface area contributed by atoms with E-state index in [1.54, 1.807) is 19.5 Å². The second kappa shape index (κ2) is 7.64. The van der Waals surface area contributed by atoms with Crippen LogP contribution in [0.25, 0.3) is 0 Å². The van der Waals surface area contributed by atoms with Crippen LogP contribution in [-0.4, -0.2) is 18.1 Å². The molecule has 2 aromatic rings. The molecule has 0 spiro atoms. The highest BCUT2D eigenvalue weighted by Gasteiger charge is 2.05. The maximum atomic E-state index is 5.89. The Morgan fingerprint density at radius 2 is 1.90 bits per heavy atom. The van der Waals surface area contributed by atoms with E-state index in [4.69, 9.17) is 9.47 Å². The summed E-state index contributed by atoms with van der Waals surface area (Å²) in [6.45, 7) is 5.54. The van der Waals surface area contributed by atoms with Gasteiger partial charge in [0, 0.05) is 24.3 Å². The van der Waals surface area contributed by atoms with E-state index in [2.05, 4.69) is 24.1 Å². The first-order chi connectivity index (χ1) is 10.2. The number of hydrogen-bond acceptors (Lipinski definition) is 4. The van der Waals surface area contributed by atoms with Crippen LogP contribution in [0.3, 0.4) is 0 Å². The number of pyridine rings is 1. The number of hydrogen-bond donors (Lipinski definition) is 1. The zero-order valence-corrected chi connectivity index (χ0v) is 12.8. The van der Waals surface area contributed by atoms with E-state index < -0.39 is 0 Å². The lowest BCUT2D eigenvalue weighted by atomic mass is 10.2. The molecule has 4 heteroatoms. The zero-order valence-electron chi connectivity index (χ0n) is 12.8. The van der Waals surface area contributed by atoms with Crippen LogP contribution in [0.15, 0.2) is 42.7 Å². The van der Waals surface area contributed by atoms with Gasteiger partial charge in [0.05, 0.1) is 13.3 Å². The fourth-order valence-corrected chi connectivity index (χ4v) is 1.88. The lowest BCUT2D eigenvalue weighted by molar-refractivity contribution is 0.300. The molecule has 2 rings (SSSR count). The number of methoxy groups -OCH3 is 1. The van der Waals surface area contributed by atoms with E-state index in [0.29, 0.717) is 12.6 Å². The fourth-order valence-electron chi connectivity index (χ4n) is 1.88. The monoisotopic (exact) mass is 286 g/mol. The molecule has 1 N–H and O–H groups in total. The Bertz CT molecular complexity index is 553. The molecule has 0 aliphatic rings. The Morgan fingerprint density at radius 3 is 2.57 bits per heavy atom. The van der Waals surface area contributed by atoms with E-state index in [1.165, 1.54) is 0 Å². The molecule has 4 nitrogen and oxygen atoms in total. The average molecular weight is 286 g/mol. The van der Waals surface area contributed by atoms with E-state index in [9.17, 15) is 0 Å². The predicted octanol–water partition coefficient (Wildman–Crippen LogP) is 3.17. The number of aromatic nitrogens is 1. The molecule has 0 saturated heterocycles. The highest BCUT2D eigenvalue weighted by atomic mass is 16.5. The van der Waals surface area contributed by atoms with Crippen LogP contribution >= 0.6 is 0 Å². The molecule has 0 saturated carbocycles. The summed E-state index contributed by atoms with van der Waals surface area (Å²) in [6.07, 6.45) is 3.55. The van der Waals surface area contributed by atoms with Gasteiger partial charge < -0.3 is 14.8 Å². The van der Waals surface area contributed by atoms with E-state index >= 15 is 0 Å². The Morgan fingerprint density at radius 1 is 1.14 bits per heavy atom. The normalized spacial score (nSPS) is 10.7. The first-order valence-electron chi connectivity index (χ1n) is 7.11. The third-order valence-corrected chi connectivity index (χ3v) is 3.12. The molecule has 112 valence electrons. The van der Waals surface area contributed by atoms with Gasteiger partial charge in [0.2, 0.25) is 0 Å². The standard InChI is InChI=1S/C17H22N2O2/c1-13(2)19-10-15-8-9-18-11-17(15)21-12-14-4-6-16(20-3)7-5-14/h4-9,11,13,19H,10,12H2,1-3H3. The van der Waals surface area contributed by atoms with E-state index in [0.717, 1.165) is 29.2 Å². The zero-order chi connectivity index (χ0) is 15.1. The molecule has 0 unspecified atom stereocenters. The van der Waals surface area contributed by atoms with Gasteiger partial charge in [0.15, 0.2) is 0 Å². The quantitative estimate of drug-likeness (QED) is 0.849. The lowest BCUT2D eigenvalue weighted by Gasteiger charge is -2.13. The van der Waals surface area contributed by atoms with Gasteiger partial charge in [-0.3, -0.25) is 4.98 Å². The van der Waals surface area contributed by atoms with Crippen LogP contribution < -0.4 is 14.8 Å². The molecule has 0 fully saturated rings. The van der Waals surface area contributed by atoms with E-state index in [-0.39, 0.29) is 0 Å². The predicted molar refractivity (Wildman–Crippen MR) is 83.5 cm³/mol. The molecule has 1 aromatic carbocycles. The molecule has 21 heavy (non-hydrogen) atoms. The van der Waals surface area contributed by atoms with Crippen LogP contribution in [0.5, 0.6) is 11.5 Å². The molecular weight excluding hydrogens is 264 g/mol. The van der Waals surface area contributed by atoms with Crippen LogP contribution in [0.2, 0.25) is 0 Å². The molecule has 0 bridgehead atoms. The Labute approximate surface area is 126 Å². The maximum absolute atomic E-state index is 5.89. The molecule has 0 aliphatic heterocycles. The molecule has 1 heterocycles. The first kappa shape index (κ1) is 15.3. The summed E-state index contributed by atoms with van der Waals surface area (Å²) in [5.74, 6) is 1.67. The third kappa shape index (κ3) is 4.76. The summed E-state index contributed by atoms with van der Waals surface area (Å²) in [5, 5.41) is 3.39. The van der Waals surface area contributed by atoms with Crippen molar-refractivity contribution < 1.29 is 9.47 Å². The summed E-state index contributed by atoms with van der Waals surface area (Å²) >= 11 is 0. The van der Waals surface area contributed by atoms with Crippen LogP contribution in [0.1, 0.15) is 25.0 Å². The largest absolute Gasteiger partial charge is 0.497 e. The van der Waals surface area contributed by atoms with Crippen molar-refractivity contribution in [3.8, 4) is 11.5 Å². The number of benzene rings is 1. The Hall–Kier alpha value is -2.07. The molecule has 0 atom stereocenters. The van der Waals surface area contributed by atoms with Crippen LogP contribution in [-0.2, 0) is 13.2 Å². The van der Waals surface area contributed by atoms with Gasteiger partial charge in [0.25, 0.3) is 0 Å². The van der Waals surface area contributed by atoms with Gasteiger partial charge in [0.1, 0.15) is 18.1 Å². The summed E-state index contributed by atoms with van der Waals surface area (Å²) < 4.78 is 11.0. The van der Waals surface area contributed by atoms with Crippen molar-refractivity contribution in [2.75, 3.05) is 7.11 Å². The van der Waals surface area contributed by atoms with Crippen molar-refractivity contribution in [3.63, 3.8) is 0 Å². The SMILES string of the molecule is COc1ccc(COc2cnccc2CNC(C)C)cc1. The van der Waals surface area contributed by atoms with Crippen LogP contribution in [0, 0.1) is 0 Å². The molecule has 1 aromatic heterocycles. The molecule has 0 radical (unpaired) electrons. The number of nitrogens with zero attached hydrogens (tertiary/aromatic N) is 1. The van der Waals surface area contributed by atoms with E-state index in [1.807, 2.05) is 30.3 Å². The van der Waals surface area contributed by atoms with Gasteiger partial charge in [-0.05, 0) is 23.8 Å². The first-order valence-corrected chi connectivity index (χ1v) is 7.11. The number of rotatable bonds is 7. The van der Waals surface area contributed by atoms with Gasteiger partial charge in [-0.1, -0.05) is 26.0 Å². The molecule has 0 amide bonds. The fraction of sp³-hybridized carbons (Fsp3) is 0.353. The highest BCUT2D eigenvalue weighted by molar-refractivity contribution is 5.31. The smallest absolute Gasteiger partial charge is 0.142 e. The average Bonchev–Trinajstić information content (AvgIpc) is 2.52. The van der Waals surface area contributed by atoms with Crippen molar-refractivity contribution in [2.45, 2.75) is 33.0 Å². The van der Waals surface area contributed by atoms with Crippen molar-refractivity contribution in [1.29, 1.82) is 0 Å². The summed E-state index contributed by atoms with van der Waals surface area (Å²) in [5.41, 5.74) is 2.22. The second-order valence-corrected chi connectivity index (χ2v) is 5.16. The van der Waals surface area contributed by atoms with Gasteiger partial charge in [-0.2, -0.15) is 0 Å². The highest BCUT2D eigenvalue weighted by Crippen LogP contribution is 2.19. The van der Waals surface area contributed by atoms with Gasteiger partial charge >= 0.3 is 0 Å². The van der Waals surface area contributed by atoms with Crippen molar-refractivity contribution in [3.05, 3.63) is 53.9 Å². The van der Waals surface area contributed by atoms with Crippen molar-refractivity contribution in [2.24, 2.45) is 0 Å². The van der Waals surface area contributed by atoms with Gasteiger partial charge in [-0.25, -0.2) is 0 Å². The van der Waals surface area contributed by atoms with Gasteiger partial charge in [-0.15, -0.1) is 0 Å².